The first kappa shape index (κ1) is 29.4. The highest BCUT2D eigenvalue weighted by Gasteiger charge is 2.26. The lowest BCUT2D eigenvalue weighted by Gasteiger charge is -2.22. The Kier molecular flexibility index (Phi) is 9.69. The molecule has 4 rings (SSSR count). The summed E-state index contributed by atoms with van der Waals surface area (Å²) in [4.78, 5) is 12.6. The molecule has 4 aromatic rings. The normalized spacial score (nSPS) is 11.8. The molecule has 0 bridgehead atoms. The van der Waals surface area contributed by atoms with Crippen LogP contribution in [0.25, 0.3) is 6.08 Å². The van der Waals surface area contributed by atoms with E-state index in [1.165, 1.54) is 34.6 Å². The maximum atomic E-state index is 13.6. The Morgan fingerprint density at radius 3 is 2.30 bits per heavy atom. The number of rotatable bonds is 10. The van der Waals surface area contributed by atoms with Crippen LogP contribution in [0.15, 0.2) is 99.8 Å². The number of halogens is 3. The molecule has 7 nitrogen and oxygen atoms in total. The van der Waals surface area contributed by atoms with Crippen LogP contribution in [0.3, 0.4) is 0 Å². The number of nitrogens with one attached hydrogen (secondary N) is 1. The molecule has 0 unspecified atom stereocenters. The molecule has 0 aliphatic carbocycles. The molecule has 3 aromatic carbocycles. The van der Waals surface area contributed by atoms with Crippen LogP contribution in [0.4, 0.5) is 0 Å². The lowest BCUT2D eigenvalue weighted by molar-refractivity contribution is -0.117. The van der Waals surface area contributed by atoms with Gasteiger partial charge in [0.15, 0.2) is 0 Å². The van der Waals surface area contributed by atoms with E-state index in [0.717, 1.165) is 5.56 Å². The molecule has 1 aromatic heterocycles. The first-order valence-corrected chi connectivity index (χ1v) is 14.5. The minimum atomic E-state index is -4.00. The van der Waals surface area contributed by atoms with Gasteiger partial charge in [0.1, 0.15) is 23.2 Å². The van der Waals surface area contributed by atoms with E-state index in [4.69, 9.17) is 39.2 Å². The molecular formula is C29H22Cl3N3O4S. The minimum absolute atomic E-state index is 0.0287. The quantitative estimate of drug-likeness (QED) is 0.155. The van der Waals surface area contributed by atoms with Crippen LogP contribution in [0.2, 0.25) is 15.1 Å². The second-order valence-electron chi connectivity index (χ2n) is 8.62. The van der Waals surface area contributed by atoms with E-state index < -0.39 is 15.9 Å². The number of benzene rings is 3. The Morgan fingerprint density at radius 2 is 1.62 bits per heavy atom. The van der Waals surface area contributed by atoms with Gasteiger partial charge < -0.3 is 9.73 Å². The van der Waals surface area contributed by atoms with Crippen molar-refractivity contribution in [3.05, 3.63) is 128 Å². The average molecular weight is 615 g/mol. The lowest BCUT2D eigenvalue weighted by Crippen LogP contribution is -2.30. The molecule has 1 amide bonds. The second-order valence-corrected chi connectivity index (χ2v) is 11.8. The van der Waals surface area contributed by atoms with Crippen molar-refractivity contribution in [1.82, 2.24) is 9.62 Å². The number of amides is 1. The van der Waals surface area contributed by atoms with E-state index in [9.17, 15) is 18.5 Å². The van der Waals surface area contributed by atoms with Crippen molar-refractivity contribution in [2.24, 2.45) is 0 Å². The van der Waals surface area contributed by atoms with Gasteiger partial charge in [-0.1, -0.05) is 71.2 Å². The summed E-state index contributed by atoms with van der Waals surface area (Å²) in [5.41, 5.74) is 1.34. The second kappa shape index (κ2) is 13.2. The number of carbonyl (C=O) groups is 1. The predicted molar refractivity (Wildman–Crippen MR) is 155 cm³/mol. The van der Waals surface area contributed by atoms with Crippen LogP contribution in [0.1, 0.15) is 22.6 Å². The van der Waals surface area contributed by atoms with Gasteiger partial charge in [0.25, 0.3) is 5.91 Å². The number of nitriles is 1. The van der Waals surface area contributed by atoms with Crippen molar-refractivity contribution in [2.45, 2.75) is 24.5 Å². The molecule has 11 heteroatoms. The van der Waals surface area contributed by atoms with Crippen LogP contribution in [-0.4, -0.2) is 18.6 Å². The first-order valence-electron chi connectivity index (χ1n) is 11.9. The van der Waals surface area contributed by atoms with Gasteiger partial charge in [-0.25, -0.2) is 8.42 Å². The fraction of sp³-hybridized carbons (Fsp3) is 0.103. The summed E-state index contributed by atoms with van der Waals surface area (Å²) in [7, 11) is -4.00. The van der Waals surface area contributed by atoms with Gasteiger partial charge >= 0.3 is 0 Å². The molecule has 0 fully saturated rings. The summed E-state index contributed by atoms with van der Waals surface area (Å²) in [6.07, 6.45) is 1.31. The predicted octanol–water partition coefficient (Wildman–Crippen LogP) is 6.85. The van der Waals surface area contributed by atoms with Crippen LogP contribution in [0.5, 0.6) is 0 Å². The average Bonchev–Trinajstić information content (AvgIpc) is 3.39. The van der Waals surface area contributed by atoms with Crippen molar-refractivity contribution in [2.75, 3.05) is 0 Å². The summed E-state index contributed by atoms with van der Waals surface area (Å²) in [5.74, 6) is -0.0403. The number of carbonyl (C=O) groups excluding carboxylic acids is 1. The Bertz CT molecular complexity index is 1680. The maximum Gasteiger partial charge on any atom is 0.262 e. The van der Waals surface area contributed by atoms with Gasteiger partial charge in [-0.05, 0) is 59.7 Å². The Hall–Kier alpha value is -3.58. The van der Waals surface area contributed by atoms with E-state index in [0.29, 0.717) is 26.4 Å². The molecule has 204 valence electrons. The maximum absolute atomic E-state index is 13.6. The zero-order valence-corrected chi connectivity index (χ0v) is 23.9. The third-order valence-electron chi connectivity index (χ3n) is 5.76. The highest BCUT2D eigenvalue weighted by Crippen LogP contribution is 2.27. The van der Waals surface area contributed by atoms with Crippen LogP contribution in [-0.2, 0) is 34.5 Å². The molecule has 0 aliphatic heterocycles. The van der Waals surface area contributed by atoms with E-state index in [1.807, 2.05) is 36.4 Å². The lowest BCUT2D eigenvalue weighted by atomic mass is 10.2. The Morgan fingerprint density at radius 1 is 0.900 bits per heavy atom. The highest BCUT2D eigenvalue weighted by molar-refractivity contribution is 7.89. The van der Waals surface area contributed by atoms with Gasteiger partial charge in [-0.2, -0.15) is 9.57 Å². The van der Waals surface area contributed by atoms with Crippen LogP contribution < -0.4 is 5.32 Å². The van der Waals surface area contributed by atoms with E-state index in [1.54, 1.807) is 30.3 Å². The van der Waals surface area contributed by atoms with Crippen molar-refractivity contribution in [3.63, 3.8) is 0 Å². The monoisotopic (exact) mass is 613 g/mol. The molecule has 0 atom stereocenters. The molecule has 0 aliphatic rings. The molecule has 0 radical (unpaired) electrons. The Labute approximate surface area is 247 Å². The molecule has 0 spiro atoms. The zero-order valence-electron chi connectivity index (χ0n) is 20.9. The van der Waals surface area contributed by atoms with Gasteiger partial charge in [0.05, 0.1) is 21.5 Å². The number of hydrogen-bond donors (Lipinski definition) is 1. The largest absolute Gasteiger partial charge is 0.460 e. The Balaban J connectivity index is 1.56. The molecule has 0 saturated heterocycles. The number of furan rings is 1. The molecular weight excluding hydrogens is 593 g/mol. The molecule has 0 saturated carbocycles. The standard InChI is InChI=1S/C29H22Cl3N3O4S/c30-23-7-11-26(12-8-23)40(37,38)35(18-21-6-13-27(31)28(32)14-21)19-25-10-9-24(39-25)15-22(16-33)29(36)34-17-20-4-2-1-3-5-20/h1-15H,17-19H2,(H,34,36)/b22-15-. The van der Waals surface area contributed by atoms with Crippen molar-refractivity contribution in [3.8, 4) is 6.07 Å². The minimum Gasteiger partial charge on any atom is -0.460 e. The van der Waals surface area contributed by atoms with E-state index >= 15 is 0 Å². The van der Waals surface area contributed by atoms with Crippen molar-refractivity contribution < 1.29 is 17.6 Å². The van der Waals surface area contributed by atoms with Crippen LogP contribution in [0, 0.1) is 11.3 Å². The zero-order chi connectivity index (χ0) is 28.7. The smallest absolute Gasteiger partial charge is 0.262 e. The first-order chi connectivity index (χ1) is 19.2. The number of nitrogens with zero attached hydrogens (tertiary/aromatic N) is 2. The van der Waals surface area contributed by atoms with Crippen LogP contribution >= 0.6 is 34.8 Å². The van der Waals surface area contributed by atoms with E-state index in [-0.39, 0.29) is 35.9 Å². The van der Waals surface area contributed by atoms with Crippen molar-refractivity contribution in [1.29, 1.82) is 5.26 Å². The topological polar surface area (TPSA) is 103 Å². The summed E-state index contributed by atoms with van der Waals surface area (Å²) in [6.45, 7) is 0.0918. The fourth-order valence-electron chi connectivity index (χ4n) is 3.72. The van der Waals surface area contributed by atoms with Crippen molar-refractivity contribution >= 4 is 56.8 Å². The summed E-state index contributed by atoms with van der Waals surface area (Å²) in [6, 6.07) is 25.0. The number of hydrogen-bond acceptors (Lipinski definition) is 5. The molecule has 1 N–H and O–H groups in total. The highest BCUT2D eigenvalue weighted by atomic mass is 35.5. The summed E-state index contributed by atoms with van der Waals surface area (Å²) in [5, 5.41) is 13.3. The molecule has 1 heterocycles. The van der Waals surface area contributed by atoms with Gasteiger partial charge in [-0.3, -0.25) is 4.79 Å². The third-order valence-corrected chi connectivity index (χ3v) is 8.55. The fourth-order valence-corrected chi connectivity index (χ4v) is 5.56. The van der Waals surface area contributed by atoms with E-state index in [2.05, 4.69) is 5.32 Å². The number of sulfonamides is 1. The SMILES string of the molecule is N#C/C(=C/c1ccc(CN(Cc2ccc(Cl)c(Cl)c2)S(=O)(=O)c2ccc(Cl)cc2)o1)C(=O)NCc1ccccc1. The summed E-state index contributed by atoms with van der Waals surface area (Å²) < 4.78 is 34.2. The van der Waals surface area contributed by atoms with Gasteiger partial charge in [-0.15, -0.1) is 0 Å². The molecule has 40 heavy (non-hydrogen) atoms. The third kappa shape index (κ3) is 7.54. The van der Waals surface area contributed by atoms with Gasteiger partial charge in [0, 0.05) is 24.2 Å². The summed E-state index contributed by atoms with van der Waals surface area (Å²) >= 11 is 18.1. The van der Waals surface area contributed by atoms with Gasteiger partial charge in [0.2, 0.25) is 10.0 Å².